The van der Waals surface area contributed by atoms with E-state index in [1.54, 1.807) is 0 Å². The van der Waals surface area contributed by atoms with E-state index < -0.39 is 0 Å². The van der Waals surface area contributed by atoms with Crippen LogP contribution in [0.1, 0.15) is 45.2 Å². The minimum absolute atomic E-state index is 0.184. The predicted octanol–water partition coefficient (Wildman–Crippen LogP) is 3.80. The van der Waals surface area contributed by atoms with Crippen LogP contribution in [0.2, 0.25) is 0 Å². The van der Waals surface area contributed by atoms with Crippen molar-refractivity contribution in [3.8, 4) is 0 Å². The molecule has 1 atom stereocenters. The maximum absolute atomic E-state index is 12.8. The number of fused-ring (bicyclic) bond motifs is 1. The zero-order valence-electron chi connectivity index (χ0n) is 16.2. The number of aryl methyl sites for hydroxylation is 1. The van der Waals surface area contributed by atoms with Crippen molar-refractivity contribution in [3.05, 3.63) is 30.0 Å². The largest absolute Gasteiger partial charge is 0.352 e. The van der Waals surface area contributed by atoms with Crippen LogP contribution in [0.5, 0.6) is 0 Å². The first-order valence-corrected chi connectivity index (χ1v) is 9.91. The molecule has 1 aliphatic heterocycles. The highest BCUT2D eigenvalue weighted by Crippen LogP contribution is 2.22. The third kappa shape index (κ3) is 3.97. The summed E-state index contributed by atoms with van der Waals surface area (Å²) in [4.78, 5) is 26.6. The molecule has 2 heterocycles. The standard InChI is InChI=1S/C21H30N4O/c1-4-6-9-17(5-2)21(26)25-14-12-24(13-15-25)20-16(3)22-18-10-7-8-11-19(18)23-20/h7-8,10-11,17H,4-6,9,12-15H2,1-3H3/t17-/m0/s1. The molecule has 26 heavy (non-hydrogen) atoms. The van der Waals surface area contributed by atoms with Gasteiger partial charge in [0.1, 0.15) is 0 Å². The molecule has 5 heteroatoms. The first-order chi connectivity index (χ1) is 12.6. The lowest BCUT2D eigenvalue weighted by atomic mass is 9.97. The van der Waals surface area contributed by atoms with Crippen LogP contribution in [0.3, 0.4) is 0 Å². The van der Waals surface area contributed by atoms with Crippen molar-refractivity contribution in [2.45, 2.75) is 46.5 Å². The number of unbranched alkanes of at least 4 members (excludes halogenated alkanes) is 1. The number of rotatable bonds is 6. The molecule has 1 aromatic heterocycles. The molecule has 2 aromatic rings. The van der Waals surface area contributed by atoms with E-state index in [0.29, 0.717) is 5.91 Å². The molecule has 0 unspecified atom stereocenters. The lowest BCUT2D eigenvalue weighted by Crippen LogP contribution is -2.50. The Bertz CT molecular complexity index is 753. The molecule has 1 amide bonds. The highest BCUT2D eigenvalue weighted by Gasteiger charge is 2.27. The number of para-hydroxylation sites is 2. The molecular formula is C21H30N4O. The molecule has 1 fully saturated rings. The molecule has 5 nitrogen and oxygen atoms in total. The van der Waals surface area contributed by atoms with Gasteiger partial charge in [-0.2, -0.15) is 0 Å². The van der Waals surface area contributed by atoms with E-state index in [9.17, 15) is 4.79 Å². The summed E-state index contributed by atoms with van der Waals surface area (Å²) in [5, 5.41) is 0. The molecular weight excluding hydrogens is 324 g/mol. The Labute approximate surface area is 156 Å². The third-order valence-electron chi connectivity index (χ3n) is 5.36. The highest BCUT2D eigenvalue weighted by atomic mass is 16.2. The highest BCUT2D eigenvalue weighted by molar-refractivity contribution is 5.79. The number of benzene rings is 1. The van der Waals surface area contributed by atoms with Crippen molar-refractivity contribution >= 4 is 22.8 Å². The quantitative estimate of drug-likeness (QED) is 0.792. The zero-order chi connectivity index (χ0) is 18.5. The predicted molar refractivity (Wildman–Crippen MR) is 106 cm³/mol. The lowest BCUT2D eigenvalue weighted by molar-refractivity contribution is -0.136. The average Bonchev–Trinajstić information content (AvgIpc) is 2.68. The Morgan fingerprint density at radius 3 is 2.35 bits per heavy atom. The van der Waals surface area contributed by atoms with Crippen molar-refractivity contribution in [1.82, 2.24) is 14.9 Å². The van der Waals surface area contributed by atoms with E-state index in [2.05, 4.69) is 18.7 Å². The average molecular weight is 354 g/mol. The maximum atomic E-state index is 12.8. The van der Waals surface area contributed by atoms with Gasteiger partial charge in [0.25, 0.3) is 0 Å². The van der Waals surface area contributed by atoms with Crippen molar-refractivity contribution in [1.29, 1.82) is 0 Å². The molecule has 1 aliphatic rings. The fourth-order valence-corrected chi connectivity index (χ4v) is 3.73. The van der Waals surface area contributed by atoms with E-state index in [1.165, 1.54) is 0 Å². The molecule has 1 aromatic carbocycles. The Morgan fingerprint density at radius 2 is 1.73 bits per heavy atom. The second kappa shape index (κ2) is 8.47. The van der Waals surface area contributed by atoms with Gasteiger partial charge in [-0.3, -0.25) is 4.79 Å². The van der Waals surface area contributed by atoms with Crippen molar-refractivity contribution in [2.75, 3.05) is 31.1 Å². The minimum Gasteiger partial charge on any atom is -0.352 e. The molecule has 3 rings (SSSR count). The lowest BCUT2D eigenvalue weighted by Gasteiger charge is -2.37. The molecule has 0 bridgehead atoms. The number of hydrogen-bond acceptors (Lipinski definition) is 4. The van der Waals surface area contributed by atoms with Crippen LogP contribution in [0.25, 0.3) is 11.0 Å². The minimum atomic E-state index is 0.184. The van der Waals surface area contributed by atoms with Gasteiger partial charge < -0.3 is 9.80 Å². The van der Waals surface area contributed by atoms with Gasteiger partial charge in [0.2, 0.25) is 5.91 Å². The van der Waals surface area contributed by atoms with Crippen LogP contribution < -0.4 is 4.90 Å². The fraction of sp³-hybridized carbons (Fsp3) is 0.571. The molecule has 0 N–H and O–H groups in total. The number of anilines is 1. The summed E-state index contributed by atoms with van der Waals surface area (Å²) in [5.74, 6) is 1.47. The summed E-state index contributed by atoms with van der Waals surface area (Å²) in [7, 11) is 0. The topological polar surface area (TPSA) is 49.3 Å². The van der Waals surface area contributed by atoms with Gasteiger partial charge in [0.05, 0.1) is 16.7 Å². The van der Waals surface area contributed by atoms with Gasteiger partial charge in [-0.15, -0.1) is 0 Å². The summed E-state index contributed by atoms with van der Waals surface area (Å²) < 4.78 is 0. The van der Waals surface area contributed by atoms with Crippen LogP contribution in [0.15, 0.2) is 24.3 Å². The van der Waals surface area contributed by atoms with Crippen LogP contribution >= 0.6 is 0 Å². The normalized spacial score (nSPS) is 16.1. The first-order valence-electron chi connectivity index (χ1n) is 9.91. The van der Waals surface area contributed by atoms with Gasteiger partial charge >= 0.3 is 0 Å². The number of hydrogen-bond donors (Lipinski definition) is 0. The number of piperazine rings is 1. The van der Waals surface area contributed by atoms with E-state index in [0.717, 1.165) is 74.4 Å². The summed E-state index contributed by atoms with van der Waals surface area (Å²) >= 11 is 0. The first kappa shape index (κ1) is 18.6. The monoisotopic (exact) mass is 354 g/mol. The molecule has 0 radical (unpaired) electrons. The van der Waals surface area contributed by atoms with Crippen LogP contribution in [-0.4, -0.2) is 47.0 Å². The van der Waals surface area contributed by atoms with Crippen molar-refractivity contribution in [3.63, 3.8) is 0 Å². The zero-order valence-corrected chi connectivity index (χ0v) is 16.2. The number of aromatic nitrogens is 2. The van der Waals surface area contributed by atoms with Gasteiger partial charge in [-0.25, -0.2) is 9.97 Å². The number of carbonyl (C=O) groups is 1. The number of amides is 1. The Kier molecular flexibility index (Phi) is 6.07. The Hall–Kier alpha value is -2.17. The molecule has 0 saturated carbocycles. The molecule has 140 valence electrons. The number of carbonyl (C=O) groups excluding carboxylic acids is 1. The third-order valence-corrected chi connectivity index (χ3v) is 5.36. The smallest absolute Gasteiger partial charge is 0.225 e. The van der Waals surface area contributed by atoms with Gasteiger partial charge in [0, 0.05) is 32.1 Å². The maximum Gasteiger partial charge on any atom is 0.225 e. The summed E-state index contributed by atoms with van der Waals surface area (Å²) in [6.45, 7) is 9.52. The molecule has 1 saturated heterocycles. The van der Waals surface area contributed by atoms with Crippen LogP contribution in [0.4, 0.5) is 5.82 Å². The van der Waals surface area contributed by atoms with Gasteiger partial charge in [-0.05, 0) is 31.9 Å². The van der Waals surface area contributed by atoms with E-state index >= 15 is 0 Å². The van der Waals surface area contributed by atoms with Crippen LogP contribution in [0, 0.1) is 12.8 Å². The fourth-order valence-electron chi connectivity index (χ4n) is 3.73. The number of nitrogens with zero attached hydrogens (tertiary/aromatic N) is 4. The Morgan fingerprint density at radius 1 is 1.08 bits per heavy atom. The Balaban J connectivity index is 1.66. The van der Waals surface area contributed by atoms with Crippen molar-refractivity contribution < 1.29 is 4.79 Å². The SMILES string of the molecule is CCCC[C@H](CC)C(=O)N1CCN(c2nc3ccccc3nc2C)CC1. The van der Waals surface area contributed by atoms with E-state index in [-0.39, 0.29) is 5.92 Å². The van der Waals surface area contributed by atoms with E-state index in [1.807, 2.05) is 36.1 Å². The van der Waals surface area contributed by atoms with Crippen molar-refractivity contribution in [2.24, 2.45) is 5.92 Å². The summed E-state index contributed by atoms with van der Waals surface area (Å²) in [6.07, 6.45) is 4.24. The van der Waals surface area contributed by atoms with Gasteiger partial charge in [-0.1, -0.05) is 38.8 Å². The molecule has 0 spiro atoms. The van der Waals surface area contributed by atoms with Gasteiger partial charge in [0.15, 0.2) is 5.82 Å². The second-order valence-corrected chi connectivity index (χ2v) is 7.18. The summed E-state index contributed by atoms with van der Waals surface area (Å²) in [5.41, 5.74) is 2.82. The molecule has 0 aliphatic carbocycles. The van der Waals surface area contributed by atoms with Crippen LogP contribution in [-0.2, 0) is 4.79 Å². The summed E-state index contributed by atoms with van der Waals surface area (Å²) in [6, 6.07) is 7.98. The van der Waals surface area contributed by atoms with E-state index in [4.69, 9.17) is 9.97 Å². The second-order valence-electron chi connectivity index (χ2n) is 7.18.